The maximum absolute atomic E-state index is 13.6. The second-order valence-corrected chi connectivity index (χ2v) is 11.0. The quantitative estimate of drug-likeness (QED) is 0.121. The molecule has 43 heavy (non-hydrogen) atoms. The van der Waals surface area contributed by atoms with Crippen LogP contribution >= 0.6 is 11.8 Å². The van der Waals surface area contributed by atoms with Crippen molar-refractivity contribution in [3.05, 3.63) is 71.7 Å². The number of rotatable bonds is 16. The van der Waals surface area contributed by atoms with Gasteiger partial charge in [-0.1, -0.05) is 30.3 Å². The fourth-order valence-electron chi connectivity index (χ4n) is 4.46. The van der Waals surface area contributed by atoms with Crippen molar-refractivity contribution in [1.29, 1.82) is 0 Å². The number of carboxylic acids is 1. The number of para-hydroxylation sites is 1. The van der Waals surface area contributed by atoms with Gasteiger partial charge in [0.1, 0.15) is 23.9 Å². The van der Waals surface area contributed by atoms with Gasteiger partial charge in [-0.05, 0) is 54.2 Å². The van der Waals surface area contributed by atoms with Gasteiger partial charge < -0.3 is 37.5 Å². The van der Waals surface area contributed by atoms with E-state index in [4.69, 9.17) is 11.5 Å². The standard InChI is InChI=1S/C29H35FN6O6S/c1-43-10-9-22(34-27(40)20(31)13-17-15-33-21-8-3-2-7-19(17)21)28(41)36-24(14-25(37)38)29(42)35-23(26(32)39)12-16-5-4-6-18(30)11-16/h2-8,11,15,20,22-24,33H,9-10,12-14,31H2,1H3,(H2,32,39)(H,34,40)(H,35,42)(H,36,41)(H,37,38)/t20-,22+,23+,24+/m1/s1. The van der Waals surface area contributed by atoms with Crippen LogP contribution in [0.1, 0.15) is 24.0 Å². The molecule has 4 atom stereocenters. The van der Waals surface area contributed by atoms with Crippen LogP contribution < -0.4 is 27.4 Å². The molecule has 3 rings (SSSR count). The number of amides is 4. The summed E-state index contributed by atoms with van der Waals surface area (Å²) in [5.74, 6) is -4.81. The second-order valence-electron chi connectivity index (χ2n) is 9.97. The maximum atomic E-state index is 13.6. The number of carbonyl (C=O) groups excluding carboxylic acids is 4. The minimum absolute atomic E-state index is 0.159. The minimum Gasteiger partial charge on any atom is -0.481 e. The Morgan fingerprint density at radius 1 is 0.930 bits per heavy atom. The van der Waals surface area contributed by atoms with E-state index in [2.05, 4.69) is 20.9 Å². The van der Waals surface area contributed by atoms with Crippen LogP contribution in [0.25, 0.3) is 10.9 Å². The van der Waals surface area contributed by atoms with Crippen molar-refractivity contribution in [2.24, 2.45) is 11.5 Å². The van der Waals surface area contributed by atoms with Crippen LogP contribution in [0.5, 0.6) is 0 Å². The monoisotopic (exact) mass is 614 g/mol. The molecule has 1 heterocycles. The molecular formula is C29H35FN6O6S. The number of carbonyl (C=O) groups is 5. The molecule has 0 saturated heterocycles. The van der Waals surface area contributed by atoms with Crippen molar-refractivity contribution in [2.75, 3.05) is 12.0 Å². The van der Waals surface area contributed by atoms with Crippen LogP contribution in [-0.2, 0) is 36.8 Å². The summed E-state index contributed by atoms with van der Waals surface area (Å²) in [7, 11) is 0. The van der Waals surface area contributed by atoms with Crippen LogP contribution in [-0.4, -0.2) is 75.9 Å². The summed E-state index contributed by atoms with van der Waals surface area (Å²) in [6, 6.07) is 7.83. The molecule has 0 bridgehead atoms. The predicted molar refractivity (Wildman–Crippen MR) is 160 cm³/mol. The van der Waals surface area contributed by atoms with Gasteiger partial charge in [0.2, 0.25) is 23.6 Å². The summed E-state index contributed by atoms with van der Waals surface area (Å²) in [4.78, 5) is 66.0. The molecular weight excluding hydrogens is 579 g/mol. The highest BCUT2D eigenvalue weighted by atomic mass is 32.2. The molecule has 0 fully saturated rings. The third kappa shape index (κ3) is 9.82. The second kappa shape index (κ2) is 15.7. The van der Waals surface area contributed by atoms with Gasteiger partial charge in [0, 0.05) is 23.5 Å². The average Bonchev–Trinajstić information content (AvgIpc) is 3.36. The van der Waals surface area contributed by atoms with Gasteiger partial charge in [0.25, 0.3) is 0 Å². The largest absolute Gasteiger partial charge is 0.481 e. The number of carboxylic acid groups (broad SMARTS) is 1. The highest BCUT2D eigenvalue weighted by molar-refractivity contribution is 7.98. The first kappa shape index (κ1) is 33.1. The summed E-state index contributed by atoms with van der Waals surface area (Å²) in [6.07, 6.45) is 2.96. The number of hydrogen-bond acceptors (Lipinski definition) is 7. The van der Waals surface area contributed by atoms with Gasteiger partial charge >= 0.3 is 5.97 Å². The molecule has 0 aliphatic heterocycles. The number of fused-ring (bicyclic) bond motifs is 1. The lowest BCUT2D eigenvalue weighted by molar-refractivity contribution is -0.141. The smallest absolute Gasteiger partial charge is 0.305 e. The Hall–Kier alpha value is -4.43. The van der Waals surface area contributed by atoms with E-state index in [0.29, 0.717) is 11.3 Å². The summed E-state index contributed by atoms with van der Waals surface area (Å²) >= 11 is 1.42. The number of aromatic nitrogens is 1. The molecule has 9 N–H and O–H groups in total. The molecule has 0 aliphatic carbocycles. The highest BCUT2D eigenvalue weighted by Crippen LogP contribution is 2.19. The summed E-state index contributed by atoms with van der Waals surface area (Å²) in [6.45, 7) is 0. The minimum atomic E-state index is -1.60. The first-order valence-electron chi connectivity index (χ1n) is 13.4. The van der Waals surface area contributed by atoms with E-state index in [-0.39, 0.29) is 19.3 Å². The van der Waals surface area contributed by atoms with Crippen LogP contribution in [0.15, 0.2) is 54.7 Å². The Balaban J connectivity index is 1.70. The molecule has 0 aliphatic rings. The molecule has 230 valence electrons. The number of primary amides is 1. The van der Waals surface area contributed by atoms with Gasteiger partial charge in [-0.15, -0.1) is 0 Å². The van der Waals surface area contributed by atoms with Gasteiger partial charge in [-0.2, -0.15) is 11.8 Å². The summed E-state index contributed by atoms with van der Waals surface area (Å²) < 4.78 is 13.6. The van der Waals surface area contributed by atoms with Crippen LogP contribution in [0.4, 0.5) is 4.39 Å². The SMILES string of the molecule is CSCC[C@H](NC(=O)[C@H](N)Cc1c[nH]c2ccccc12)C(=O)N[C@@H](CC(=O)O)C(=O)N[C@@H](Cc1cccc(F)c1)C(N)=O. The molecule has 3 aromatic rings. The highest BCUT2D eigenvalue weighted by Gasteiger charge is 2.31. The number of halogens is 1. The number of benzene rings is 2. The van der Waals surface area contributed by atoms with Crippen molar-refractivity contribution in [2.45, 2.75) is 49.9 Å². The topological polar surface area (TPSA) is 209 Å². The lowest BCUT2D eigenvalue weighted by Gasteiger charge is -2.25. The fourth-order valence-corrected chi connectivity index (χ4v) is 4.94. The van der Waals surface area contributed by atoms with Crippen LogP contribution in [0.2, 0.25) is 0 Å². The molecule has 14 heteroatoms. The van der Waals surface area contributed by atoms with Crippen LogP contribution in [0.3, 0.4) is 0 Å². The van der Waals surface area contributed by atoms with E-state index in [1.807, 2.05) is 30.5 Å². The first-order valence-corrected chi connectivity index (χ1v) is 14.8. The lowest BCUT2D eigenvalue weighted by Crippen LogP contribution is -2.58. The molecule has 0 radical (unpaired) electrons. The van der Waals surface area contributed by atoms with Crippen molar-refractivity contribution in [3.63, 3.8) is 0 Å². The maximum Gasteiger partial charge on any atom is 0.305 e. The molecule has 0 unspecified atom stereocenters. The summed E-state index contributed by atoms with van der Waals surface area (Å²) in [5, 5.41) is 17.6. The normalized spacial score (nSPS) is 13.8. The molecule has 12 nitrogen and oxygen atoms in total. The number of H-pyrrole nitrogens is 1. The number of nitrogens with one attached hydrogen (secondary N) is 4. The molecule has 4 amide bonds. The molecule has 0 spiro atoms. The van der Waals surface area contributed by atoms with E-state index >= 15 is 0 Å². The Morgan fingerprint density at radius 2 is 1.60 bits per heavy atom. The van der Waals surface area contributed by atoms with Crippen molar-refractivity contribution < 1.29 is 33.5 Å². The van der Waals surface area contributed by atoms with Gasteiger partial charge in [0.15, 0.2) is 0 Å². The molecule has 0 saturated carbocycles. The molecule has 2 aromatic carbocycles. The van der Waals surface area contributed by atoms with E-state index in [1.54, 1.807) is 6.20 Å². The number of nitrogens with two attached hydrogens (primary N) is 2. The number of aliphatic carboxylic acids is 1. The Kier molecular flexibility index (Phi) is 12.1. The zero-order chi connectivity index (χ0) is 31.5. The van der Waals surface area contributed by atoms with Gasteiger partial charge in [-0.25, -0.2) is 4.39 Å². The zero-order valence-corrected chi connectivity index (χ0v) is 24.3. The van der Waals surface area contributed by atoms with Crippen LogP contribution in [0, 0.1) is 5.82 Å². The van der Waals surface area contributed by atoms with Gasteiger partial charge in [0.05, 0.1) is 12.5 Å². The van der Waals surface area contributed by atoms with E-state index in [0.717, 1.165) is 16.5 Å². The molecule has 1 aromatic heterocycles. The van der Waals surface area contributed by atoms with E-state index in [9.17, 15) is 33.5 Å². The Labute approximate surface area is 251 Å². The van der Waals surface area contributed by atoms with Gasteiger partial charge in [-0.3, -0.25) is 24.0 Å². The van der Waals surface area contributed by atoms with E-state index in [1.165, 1.54) is 36.0 Å². The first-order chi connectivity index (χ1) is 20.5. The Morgan fingerprint density at radius 3 is 2.28 bits per heavy atom. The predicted octanol–water partition coefficient (Wildman–Crippen LogP) is 0.587. The fraction of sp³-hybridized carbons (Fsp3) is 0.345. The van der Waals surface area contributed by atoms with Crippen molar-refractivity contribution >= 4 is 52.3 Å². The number of thioether (sulfide) groups is 1. The number of hydrogen-bond donors (Lipinski definition) is 7. The average molecular weight is 615 g/mol. The van der Waals surface area contributed by atoms with Crippen molar-refractivity contribution in [3.8, 4) is 0 Å². The Bertz CT molecular complexity index is 1470. The third-order valence-corrected chi connectivity index (χ3v) is 7.34. The lowest BCUT2D eigenvalue weighted by atomic mass is 10.0. The zero-order valence-electron chi connectivity index (χ0n) is 23.5. The number of aromatic amines is 1. The van der Waals surface area contributed by atoms with Crippen molar-refractivity contribution in [1.82, 2.24) is 20.9 Å². The summed E-state index contributed by atoms with van der Waals surface area (Å²) in [5.41, 5.74) is 13.7. The van der Waals surface area contributed by atoms with E-state index < -0.39 is 66.0 Å². The third-order valence-electron chi connectivity index (χ3n) is 6.70.